The van der Waals surface area contributed by atoms with Gasteiger partial charge in [0.2, 0.25) is 0 Å². The van der Waals surface area contributed by atoms with Crippen molar-refractivity contribution in [2.24, 2.45) is 0 Å². The van der Waals surface area contributed by atoms with Crippen LogP contribution in [0, 0.1) is 0 Å². The highest BCUT2D eigenvalue weighted by Crippen LogP contribution is 2.08. The van der Waals surface area contributed by atoms with Gasteiger partial charge in [-0.1, -0.05) is 6.08 Å². The van der Waals surface area contributed by atoms with Crippen LogP contribution in [0.5, 0.6) is 0 Å². The Kier molecular flexibility index (Phi) is 3.13. The van der Waals surface area contributed by atoms with Crippen molar-refractivity contribution < 1.29 is 0 Å². The first-order chi connectivity index (χ1) is 4.79. The number of thiol groups is 1. The van der Waals surface area contributed by atoms with Crippen molar-refractivity contribution in [2.75, 3.05) is 13.1 Å². The van der Waals surface area contributed by atoms with Crippen LogP contribution in [0.2, 0.25) is 0 Å². The van der Waals surface area contributed by atoms with Gasteiger partial charge in [-0.15, -0.1) is 0 Å². The first kappa shape index (κ1) is 7.99. The maximum Gasteiger partial charge on any atom is 0.0185 e. The molecule has 2 heteroatoms. The lowest BCUT2D eigenvalue weighted by molar-refractivity contribution is 0.467. The molecule has 0 aliphatic carbocycles. The van der Waals surface area contributed by atoms with Crippen LogP contribution in [0.25, 0.3) is 0 Å². The minimum absolute atomic E-state index is 0.389. The standard InChI is InChI=1S/C8H15NS/c1-8(10)4-7-9-5-2-3-6-9/h4,7-8,10H,2-3,5-6H2,1H3. The lowest BCUT2D eigenvalue weighted by Crippen LogP contribution is -2.10. The summed E-state index contributed by atoms with van der Waals surface area (Å²) in [6.45, 7) is 4.55. The Morgan fingerprint density at radius 3 is 2.50 bits per heavy atom. The van der Waals surface area contributed by atoms with Crippen molar-refractivity contribution in [2.45, 2.75) is 25.0 Å². The number of hydrogen-bond donors (Lipinski definition) is 1. The van der Waals surface area contributed by atoms with Crippen LogP contribution in [-0.2, 0) is 0 Å². The van der Waals surface area contributed by atoms with E-state index in [4.69, 9.17) is 0 Å². The summed E-state index contributed by atoms with van der Waals surface area (Å²) >= 11 is 4.26. The molecule has 0 spiro atoms. The zero-order valence-electron chi connectivity index (χ0n) is 6.45. The average Bonchev–Trinajstić information content (AvgIpc) is 2.34. The fraction of sp³-hybridized carbons (Fsp3) is 0.750. The van der Waals surface area contributed by atoms with Gasteiger partial charge in [0.15, 0.2) is 0 Å². The molecule has 0 bridgehead atoms. The second-order valence-electron chi connectivity index (χ2n) is 2.83. The van der Waals surface area contributed by atoms with E-state index in [0.717, 1.165) is 0 Å². The van der Waals surface area contributed by atoms with E-state index in [2.05, 4.69) is 36.7 Å². The Bertz CT molecular complexity index is 114. The molecular formula is C8H15NS. The Balaban J connectivity index is 2.23. The van der Waals surface area contributed by atoms with Gasteiger partial charge in [0.25, 0.3) is 0 Å². The largest absolute Gasteiger partial charge is 0.378 e. The fourth-order valence-corrected chi connectivity index (χ4v) is 1.21. The summed E-state index contributed by atoms with van der Waals surface area (Å²) in [7, 11) is 0. The molecule has 1 nitrogen and oxygen atoms in total. The van der Waals surface area contributed by atoms with Crippen LogP contribution in [0.1, 0.15) is 19.8 Å². The summed E-state index contributed by atoms with van der Waals surface area (Å²) in [6.07, 6.45) is 7.01. The Hall–Kier alpha value is -0.110. The van der Waals surface area contributed by atoms with Gasteiger partial charge in [0, 0.05) is 18.3 Å². The third-order valence-electron chi connectivity index (χ3n) is 1.72. The number of rotatable bonds is 2. The van der Waals surface area contributed by atoms with Gasteiger partial charge >= 0.3 is 0 Å². The SMILES string of the molecule is CC(S)C=CN1CCCC1. The number of hydrogen-bond acceptors (Lipinski definition) is 2. The molecule has 0 saturated carbocycles. The fourth-order valence-electron chi connectivity index (χ4n) is 1.14. The van der Waals surface area contributed by atoms with Crippen LogP contribution in [-0.4, -0.2) is 23.2 Å². The average molecular weight is 157 g/mol. The lowest BCUT2D eigenvalue weighted by atomic mass is 10.4. The molecule has 1 saturated heterocycles. The zero-order valence-corrected chi connectivity index (χ0v) is 7.35. The van der Waals surface area contributed by atoms with Crippen LogP contribution < -0.4 is 0 Å². The van der Waals surface area contributed by atoms with E-state index in [1.807, 2.05) is 0 Å². The monoisotopic (exact) mass is 157 g/mol. The highest BCUT2D eigenvalue weighted by atomic mass is 32.1. The van der Waals surface area contributed by atoms with Crippen LogP contribution in [0.3, 0.4) is 0 Å². The molecule has 1 aliphatic rings. The summed E-state index contributed by atoms with van der Waals surface area (Å²) in [6, 6.07) is 0. The molecule has 1 heterocycles. The zero-order chi connectivity index (χ0) is 7.40. The van der Waals surface area contributed by atoms with E-state index in [0.29, 0.717) is 5.25 Å². The first-order valence-corrected chi connectivity index (χ1v) is 4.41. The van der Waals surface area contributed by atoms with E-state index in [9.17, 15) is 0 Å². The molecule has 1 atom stereocenters. The Morgan fingerprint density at radius 2 is 2.00 bits per heavy atom. The highest BCUT2D eigenvalue weighted by molar-refractivity contribution is 7.81. The van der Waals surface area contributed by atoms with Crippen molar-refractivity contribution >= 4 is 12.6 Å². The van der Waals surface area contributed by atoms with E-state index in [-0.39, 0.29) is 0 Å². The molecule has 1 aliphatic heterocycles. The summed E-state index contributed by atoms with van der Waals surface area (Å²) in [5.41, 5.74) is 0. The van der Waals surface area contributed by atoms with E-state index >= 15 is 0 Å². The Labute approximate surface area is 68.5 Å². The maximum absolute atomic E-state index is 4.26. The van der Waals surface area contributed by atoms with Crippen LogP contribution in [0.4, 0.5) is 0 Å². The van der Waals surface area contributed by atoms with Gasteiger partial charge in [-0.3, -0.25) is 0 Å². The van der Waals surface area contributed by atoms with E-state index in [1.165, 1.54) is 25.9 Å². The van der Waals surface area contributed by atoms with Crippen molar-refractivity contribution in [1.29, 1.82) is 0 Å². The summed E-state index contributed by atoms with van der Waals surface area (Å²) < 4.78 is 0. The molecular weight excluding hydrogens is 142 g/mol. The van der Waals surface area contributed by atoms with Crippen LogP contribution in [0.15, 0.2) is 12.3 Å². The molecule has 0 N–H and O–H groups in total. The van der Waals surface area contributed by atoms with Crippen molar-refractivity contribution in [3.05, 3.63) is 12.3 Å². The van der Waals surface area contributed by atoms with E-state index in [1.54, 1.807) is 0 Å². The predicted molar refractivity (Wildman–Crippen MR) is 48.4 cm³/mol. The maximum atomic E-state index is 4.26. The molecule has 10 heavy (non-hydrogen) atoms. The van der Waals surface area contributed by atoms with Gasteiger partial charge in [0.05, 0.1) is 0 Å². The smallest absolute Gasteiger partial charge is 0.0185 e. The second-order valence-corrected chi connectivity index (χ2v) is 3.64. The predicted octanol–water partition coefficient (Wildman–Crippen LogP) is 1.91. The molecule has 0 radical (unpaired) electrons. The summed E-state index contributed by atoms with van der Waals surface area (Å²) in [5, 5.41) is 0.389. The van der Waals surface area contributed by atoms with Gasteiger partial charge in [-0.25, -0.2) is 0 Å². The third-order valence-corrected chi connectivity index (χ3v) is 1.89. The van der Waals surface area contributed by atoms with Crippen LogP contribution >= 0.6 is 12.6 Å². The molecule has 1 unspecified atom stereocenters. The molecule has 1 fully saturated rings. The summed E-state index contributed by atoms with van der Waals surface area (Å²) in [5.74, 6) is 0. The van der Waals surface area contributed by atoms with Crippen molar-refractivity contribution in [3.8, 4) is 0 Å². The van der Waals surface area contributed by atoms with Crippen molar-refractivity contribution in [1.82, 2.24) is 4.90 Å². The normalized spacial score (nSPS) is 22.4. The number of nitrogens with zero attached hydrogens (tertiary/aromatic N) is 1. The minimum Gasteiger partial charge on any atom is -0.378 e. The van der Waals surface area contributed by atoms with Gasteiger partial charge in [-0.05, 0) is 26.0 Å². The van der Waals surface area contributed by atoms with Crippen molar-refractivity contribution in [3.63, 3.8) is 0 Å². The van der Waals surface area contributed by atoms with Gasteiger partial charge in [-0.2, -0.15) is 12.6 Å². The van der Waals surface area contributed by atoms with Gasteiger partial charge in [0.1, 0.15) is 0 Å². The molecule has 0 aromatic carbocycles. The quantitative estimate of drug-likeness (QED) is 0.599. The molecule has 0 amide bonds. The molecule has 0 aromatic rings. The van der Waals surface area contributed by atoms with E-state index < -0.39 is 0 Å². The lowest BCUT2D eigenvalue weighted by Gasteiger charge is -2.10. The molecule has 1 rings (SSSR count). The second kappa shape index (κ2) is 3.91. The highest BCUT2D eigenvalue weighted by Gasteiger charge is 2.05. The number of likely N-dealkylation sites (tertiary alicyclic amines) is 1. The topological polar surface area (TPSA) is 3.24 Å². The molecule has 58 valence electrons. The minimum atomic E-state index is 0.389. The molecule has 0 aromatic heterocycles. The third kappa shape index (κ3) is 2.65. The first-order valence-electron chi connectivity index (χ1n) is 3.89. The Morgan fingerprint density at radius 1 is 1.40 bits per heavy atom. The summed E-state index contributed by atoms with van der Waals surface area (Å²) in [4.78, 5) is 2.35. The van der Waals surface area contributed by atoms with Gasteiger partial charge < -0.3 is 4.90 Å².